The third-order valence-corrected chi connectivity index (χ3v) is 5.60. The van der Waals surface area contributed by atoms with E-state index in [0.29, 0.717) is 17.4 Å². The summed E-state index contributed by atoms with van der Waals surface area (Å²) >= 11 is 1.24. The SMILES string of the molecule is C=CCN1C(=O)[C@@H](CC(=O)Nc2cc(C)ccc2C)SC1=Nc1ccc(F)cc1. The number of halogens is 1. The van der Waals surface area contributed by atoms with Crippen molar-refractivity contribution in [3.8, 4) is 0 Å². The van der Waals surface area contributed by atoms with E-state index >= 15 is 0 Å². The highest BCUT2D eigenvalue weighted by molar-refractivity contribution is 8.15. The maximum atomic E-state index is 13.1. The van der Waals surface area contributed by atoms with E-state index in [1.165, 1.54) is 28.8 Å². The standard InChI is InChI=1S/C22H22FN3O2S/c1-4-11-26-21(28)19(29-22(26)24-17-9-7-16(23)8-10-17)13-20(27)25-18-12-14(2)5-6-15(18)3/h4-10,12,19H,1,11,13H2,2-3H3,(H,25,27)/t19-/m1/s1. The number of carbonyl (C=O) groups is 2. The Labute approximate surface area is 173 Å². The van der Waals surface area contributed by atoms with Gasteiger partial charge in [-0.25, -0.2) is 9.38 Å². The minimum atomic E-state index is -0.570. The summed E-state index contributed by atoms with van der Waals surface area (Å²) in [5, 5.41) is 2.80. The number of anilines is 1. The van der Waals surface area contributed by atoms with E-state index in [2.05, 4.69) is 16.9 Å². The molecule has 2 aromatic carbocycles. The number of hydrogen-bond donors (Lipinski definition) is 1. The van der Waals surface area contributed by atoms with Gasteiger partial charge in [-0.15, -0.1) is 6.58 Å². The fourth-order valence-corrected chi connectivity index (χ4v) is 4.06. The van der Waals surface area contributed by atoms with Crippen molar-refractivity contribution in [2.45, 2.75) is 25.5 Å². The highest BCUT2D eigenvalue weighted by atomic mass is 32.2. The quantitative estimate of drug-likeness (QED) is 0.708. The van der Waals surface area contributed by atoms with Crippen LogP contribution in [-0.4, -0.2) is 33.7 Å². The molecule has 1 aliphatic rings. The summed E-state index contributed by atoms with van der Waals surface area (Å²) in [5.41, 5.74) is 3.29. The van der Waals surface area contributed by atoms with Crippen LogP contribution in [0.25, 0.3) is 0 Å². The number of amides is 2. The number of nitrogens with zero attached hydrogens (tertiary/aromatic N) is 2. The molecule has 3 rings (SSSR count). The fourth-order valence-electron chi connectivity index (χ4n) is 2.89. The molecule has 0 unspecified atom stereocenters. The predicted octanol–water partition coefficient (Wildman–Crippen LogP) is 4.59. The molecule has 2 amide bonds. The smallest absolute Gasteiger partial charge is 0.242 e. The molecule has 5 nitrogen and oxygen atoms in total. The Morgan fingerprint density at radius 1 is 1.28 bits per heavy atom. The summed E-state index contributed by atoms with van der Waals surface area (Å²) in [5.74, 6) is -0.772. The molecule has 0 radical (unpaired) electrons. The number of rotatable bonds is 6. The van der Waals surface area contributed by atoms with Crippen LogP contribution in [0.2, 0.25) is 0 Å². The second-order valence-electron chi connectivity index (χ2n) is 6.79. The summed E-state index contributed by atoms with van der Waals surface area (Å²) in [6.07, 6.45) is 1.64. The first kappa shape index (κ1) is 20.8. The van der Waals surface area contributed by atoms with Crippen molar-refractivity contribution in [3.05, 3.63) is 72.1 Å². The topological polar surface area (TPSA) is 61.8 Å². The monoisotopic (exact) mass is 411 g/mol. The van der Waals surface area contributed by atoms with E-state index < -0.39 is 5.25 Å². The van der Waals surface area contributed by atoms with Crippen molar-refractivity contribution in [2.24, 2.45) is 4.99 Å². The van der Waals surface area contributed by atoms with Gasteiger partial charge in [0.1, 0.15) is 11.1 Å². The molecular weight excluding hydrogens is 389 g/mol. The van der Waals surface area contributed by atoms with Gasteiger partial charge in [0.2, 0.25) is 11.8 Å². The maximum Gasteiger partial charge on any atom is 0.242 e. The predicted molar refractivity (Wildman–Crippen MR) is 116 cm³/mol. The first-order valence-corrected chi connectivity index (χ1v) is 10.1. The Kier molecular flexibility index (Phi) is 6.49. The summed E-state index contributed by atoms with van der Waals surface area (Å²) < 4.78 is 13.1. The Morgan fingerprint density at radius 3 is 2.69 bits per heavy atom. The zero-order valence-electron chi connectivity index (χ0n) is 16.3. The summed E-state index contributed by atoms with van der Waals surface area (Å²) in [6, 6.07) is 11.5. The summed E-state index contributed by atoms with van der Waals surface area (Å²) in [4.78, 5) is 31.3. The molecule has 0 bridgehead atoms. The zero-order chi connectivity index (χ0) is 21.0. The Balaban J connectivity index is 1.75. The van der Waals surface area contributed by atoms with Gasteiger partial charge in [0.05, 0.1) is 5.69 Å². The minimum absolute atomic E-state index is 0.0347. The Hall–Kier alpha value is -2.93. The molecule has 1 saturated heterocycles. The first-order valence-electron chi connectivity index (χ1n) is 9.17. The van der Waals surface area contributed by atoms with Gasteiger partial charge in [-0.2, -0.15) is 0 Å². The number of carbonyl (C=O) groups excluding carboxylic acids is 2. The second-order valence-corrected chi connectivity index (χ2v) is 7.96. The lowest BCUT2D eigenvalue weighted by atomic mass is 10.1. The first-order chi connectivity index (χ1) is 13.9. The molecule has 150 valence electrons. The van der Waals surface area contributed by atoms with Gasteiger partial charge in [0.25, 0.3) is 0 Å². The van der Waals surface area contributed by atoms with Crippen LogP contribution >= 0.6 is 11.8 Å². The van der Waals surface area contributed by atoms with E-state index in [4.69, 9.17) is 0 Å². The summed E-state index contributed by atoms with van der Waals surface area (Å²) in [7, 11) is 0. The number of amidine groups is 1. The van der Waals surface area contributed by atoms with Gasteiger partial charge in [-0.3, -0.25) is 14.5 Å². The molecule has 1 heterocycles. The Bertz CT molecular complexity index is 973. The van der Waals surface area contributed by atoms with Crippen LogP contribution in [0.3, 0.4) is 0 Å². The van der Waals surface area contributed by atoms with Crippen molar-refractivity contribution in [1.82, 2.24) is 4.90 Å². The molecule has 0 saturated carbocycles. The average Bonchev–Trinajstić information content (AvgIpc) is 2.95. The van der Waals surface area contributed by atoms with Crippen molar-refractivity contribution >= 4 is 40.1 Å². The van der Waals surface area contributed by atoms with Crippen molar-refractivity contribution < 1.29 is 14.0 Å². The van der Waals surface area contributed by atoms with E-state index in [-0.39, 0.29) is 24.1 Å². The number of aryl methyl sites for hydroxylation is 2. The third-order valence-electron chi connectivity index (χ3n) is 4.42. The molecule has 1 fully saturated rings. The number of thioether (sulfide) groups is 1. The highest BCUT2D eigenvalue weighted by Crippen LogP contribution is 2.32. The van der Waals surface area contributed by atoms with Gasteiger partial charge < -0.3 is 5.32 Å². The van der Waals surface area contributed by atoms with E-state index in [0.717, 1.165) is 16.8 Å². The van der Waals surface area contributed by atoms with Crippen LogP contribution in [0.15, 0.2) is 60.1 Å². The van der Waals surface area contributed by atoms with Gasteiger partial charge in [-0.1, -0.05) is 30.0 Å². The molecule has 7 heteroatoms. The van der Waals surface area contributed by atoms with Crippen LogP contribution in [-0.2, 0) is 9.59 Å². The minimum Gasteiger partial charge on any atom is -0.326 e. The maximum absolute atomic E-state index is 13.1. The van der Waals surface area contributed by atoms with Gasteiger partial charge in [-0.05, 0) is 55.3 Å². The fraction of sp³-hybridized carbons (Fsp3) is 0.227. The molecule has 0 aliphatic carbocycles. The third kappa shape index (κ3) is 5.12. The van der Waals surface area contributed by atoms with Crippen LogP contribution in [0.5, 0.6) is 0 Å². The molecule has 2 aromatic rings. The second kappa shape index (κ2) is 9.05. The lowest BCUT2D eigenvalue weighted by Gasteiger charge is -2.14. The number of benzene rings is 2. The zero-order valence-corrected chi connectivity index (χ0v) is 17.1. The van der Waals surface area contributed by atoms with E-state index in [9.17, 15) is 14.0 Å². The number of nitrogens with one attached hydrogen (secondary N) is 1. The molecular formula is C22H22FN3O2S. The molecule has 1 N–H and O–H groups in total. The van der Waals surface area contributed by atoms with Crippen LogP contribution in [0.1, 0.15) is 17.5 Å². The van der Waals surface area contributed by atoms with Crippen molar-refractivity contribution in [2.75, 3.05) is 11.9 Å². The van der Waals surface area contributed by atoms with Crippen molar-refractivity contribution in [1.29, 1.82) is 0 Å². The number of aliphatic imine (C=N–C) groups is 1. The van der Waals surface area contributed by atoms with Crippen LogP contribution < -0.4 is 5.32 Å². The highest BCUT2D eigenvalue weighted by Gasteiger charge is 2.38. The van der Waals surface area contributed by atoms with Crippen molar-refractivity contribution in [3.63, 3.8) is 0 Å². The van der Waals surface area contributed by atoms with Crippen LogP contribution in [0.4, 0.5) is 15.8 Å². The van der Waals surface area contributed by atoms with Crippen LogP contribution in [0, 0.1) is 19.7 Å². The van der Waals surface area contributed by atoms with Gasteiger partial charge in [0, 0.05) is 18.7 Å². The number of hydrogen-bond acceptors (Lipinski definition) is 4. The van der Waals surface area contributed by atoms with Gasteiger partial charge >= 0.3 is 0 Å². The average molecular weight is 412 g/mol. The lowest BCUT2D eigenvalue weighted by molar-refractivity contribution is -0.127. The molecule has 1 atom stereocenters. The summed E-state index contributed by atoms with van der Waals surface area (Å²) in [6.45, 7) is 7.85. The van der Waals surface area contributed by atoms with Gasteiger partial charge in [0.15, 0.2) is 5.17 Å². The molecule has 29 heavy (non-hydrogen) atoms. The molecule has 1 aliphatic heterocycles. The largest absolute Gasteiger partial charge is 0.326 e. The normalized spacial score (nSPS) is 17.6. The Morgan fingerprint density at radius 2 is 2.00 bits per heavy atom. The molecule has 0 aromatic heterocycles. The van der Waals surface area contributed by atoms with E-state index in [1.807, 2.05) is 32.0 Å². The lowest BCUT2D eigenvalue weighted by Crippen LogP contribution is -2.33. The van der Waals surface area contributed by atoms with E-state index in [1.54, 1.807) is 18.2 Å². The molecule has 0 spiro atoms.